The first-order valence-corrected chi connectivity index (χ1v) is 18.7. The molecule has 12 rings (SSSR count). The molecule has 0 spiro atoms. The van der Waals surface area contributed by atoms with Gasteiger partial charge in [-0.25, -0.2) is 19.9 Å². The molecule has 12 aromatic rings. The Morgan fingerprint density at radius 3 is 1.96 bits per heavy atom. The summed E-state index contributed by atoms with van der Waals surface area (Å²) >= 11 is 0. The number of para-hydroxylation sites is 2. The first-order valence-electron chi connectivity index (χ1n) is 18.7. The highest BCUT2D eigenvalue weighted by atomic mass is 16.3. The van der Waals surface area contributed by atoms with Crippen molar-refractivity contribution in [3.8, 4) is 39.9 Å². The molecule has 0 saturated carbocycles. The van der Waals surface area contributed by atoms with Crippen LogP contribution in [0.2, 0.25) is 0 Å². The topological polar surface area (TPSA) is 69.6 Å². The van der Waals surface area contributed by atoms with Crippen LogP contribution in [0.1, 0.15) is 0 Å². The summed E-state index contributed by atoms with van der Waals surface area (Å²) in [5.41, 5.74) is 7.35. The van der Waals surface area contributed by atoms with Crippen molar-refractivity contribution in [1.82, 2.24) is 24.5 Å². The SMILES string of the molecule is c1ccc2cc(-c3nc(-c4ccc5c(-n6c7ccccc7c7c8ccccc8ccc76)cccc5c4)nc(-c4cccc5c4oc4ncccc45)n3)ccc2c1. The van der Waals surface area contributed by atoms with E-state index in [-0.39, 0.29) is 0 Å². The zero-order valence-electron chi connectivity index (χ0n) is 29.9. The van der Waals surface area contributed by atoms with Crippen LogP contribution in [0.25, 0.3) is 116 Å². The lowest BCUT2D eigenvalue weighted by Gasteiger charge is -2.13. The summed E-state index contributed by atoms with van der Waals surface area (Å²) in [6.07, 6.45) is 1.75. The number of fused-ring (bicyclic) bond motifs is 10. The molecule has 0 saturated heterocycles. The van der Waals surface area contributed by atoms with Gasteiger partial charge in [0.15, 0.2) is 17.5 Å². The van der Waals surface area contributed by atoms with Crippen LogP contribution in [0.15, 0.2) is 180 Å². The molecule has 6 heteroatoms. The third kappa shape index (κ3) is 4.63. The van der Waals surface area contributed by atoms with E-state index in [0.717, 1.165) is 54.7 Å². The van der Waals surface area contributed by atoms with Gasteiger partial charge < -0.3 is 8.98 Å². The van der Waals surface area contributed by atoms with Crippen LogP contribution in [0, 0.1) is 0 Å². The molecule has 4 aromatic heterocycles. The Balaban J connectivity index is 1.07. The Labute approximate surface area is 320 Å². The normalized spacial score (nSPS) is 11.9. The van der Waals surface area contributed by atoms with Crippen molar-refractivity contribution < 1.29 is 4.42 Å². The number of aromatic nitrogens is 5. The highest BCUT2D eigenvalue weighted by Gasteiger charge is 2.20. The van der Waals surface area contributed by atoms with E-state index < -0.39 is 0 Å². The molecule has 0 fully saturated rings. The van der Waals surface area contributed by atoms with Gasteiger partial charge in [0.2, 0.25) is 5.71 Å². The van der Waals surface area contributed by atoms with Crippen molar-refractivity contribution >= 4 is 76.2 Å². The molecule has 6 nitrogen and oxygen atoms in total. The predicted molar refractivity (Wildman–Crippen MR) is 228 cm³/mol. The third-order valence-electron chi connectivity index (χ3n) is 11.1. The van der Waals surface area contributed by atoms with E-state index >= 15 is 0 Å². The van der Waals surface area contributed by atoms with Gasteiger partial charge in [0, 0.05) is 44.3 Å². The highest BCUT2D eigenvalue weighted by Crippen LogP contribution is 2.40. The van der Waals surface area contributed by atoms with E-state index in [1.807, 2.05) is 24.3 Å². The summed E-state index contributed by atoms with van der Waals surface area (Å²) in [6.45, 7) is 0. The van der Waals surface area contributed by atoms with Gasteiger partial charge in [-0.3, -0.25) is 0 Å². The molecule has 0 aliphatic carbocycles. The van der Waals surface area contributed by atoms with Crippen molar-refractivity contribution in [2.24, 2.45) is 0 Å². The van der Waals surface area contributed by atoms with Gasteiger partial charge in [-0.05, 0) is 75.5 Å². The molecule has 0 atom stereocenters. The second-order valence-corrected chi connectivity index (χ2v) is 14.3. The Morgan fingerprint density at radius 1 is 0.411 bits per heavy atom. The molecule has 0 bridgehead atoms. The number of furan rings is 1. The Morgan fingerprint density at radius 2 is 1.07 bits per heavy atom. The van der Waals surface area contributed by atoms with E-state index in [2.05, 4.69) is 155 Å². The molecule has 4 heterocycles. The summed E-state index contributed by atoms with van der Waals surface area (Å²) in [5, 5.41) is 11.4. The molecule has 0 amide bonds. The van der Waals surface area contributed by atoms with Crippen molar-refractivity contribution in [2.45, 2.75) is 0 Å². The van der Waals surface area contributed by atoms with Gasteiger partial charge in [0.05, 0.1) is 22.3 Å². The lowest BCUT2D eigenvalue weighted by molar-refractivity contribution is 0.654. The summed E-state index contributed by atoms with van der Waals surface area (Å²) < 4.78 is 8.77. The number of hydrogen-bond donors (Lipinski definition) is 0. The van der Waals surface area contributed by atoms with Crippen LogP contribution in [0.3, 0.4) is 0 Å². The van der Waals surface area contributed by atoms with Gasteiger partial charge in [-0.15, -0.1) is 0 Å². The summed E-state index contributed by atoms with van der Waals surface area (Å²) in [6, 6.07) is 59.6. The van der Waals surface area contributed by atoms with Crippen LogP contribution in [0.4, 0.5) is 0 Å². The monoisotopic (exact) mass is 715 g/mol. The molecule has 56 heavy (non-hydrogen) atoms. The first kappa shape index (κ1) is 30.7. The molecular weight excluding hydrogens is 687 g/mol. The third-order valence-corrected chi connectivity index (χ3v) is 11.1. The molecule has 0 unspecified atom stereocenters. The second-order valence-electron chi connectivity index (χ2n) is 14.3. The highest BCUT2D eigenvalue weighted by molar-refractivity contribution is 6.21. The number of hydrogen-bond acceptors (Lipinski definition) is 5. The van der Waals surface area contributed by atoms with Gasteiger partial charge in [-0.1, -0.05) is 121 Å². The van der Waals surface area contributed by atoms with E-state index in [1.165, 1.54) is 32.6 Å². The maximum Gasteiger partial charge on any atom is 0.227 e. The quantitative estimate of drug-likeness (QED) is 0.181. The zero-order chi connectivity index (χ0) is 36.7. The van der Waals surface area contributed by atoms with Crippen LogP contribution >= 0.6 is 0 Å². The van der Waals surface area contributed by atoms with E-state index in [9.17, 15) is 0 Å². The van der Waals surface area contributed by atoms with Gasteiger partial charge in [0.1, 0.15) is 5.58 Å². The van der Waals surface area contributed by atoms with Crippen molar-refractivity contribution in [3.05, 3.63) is 176 Å². The summed E-state index contributed by atoms with van der Waals surface area (Å²) in [4.78, 5) is 19.9. The smallest absolute Gasteiger partial charge is 0.227 e. The predicted octanol–water partition coefficient (Wildman–Crippen LogP) is 12.7. The fourth-order valence-electron chi connectivity index (χ4n) is 8.49. The van der Waals surface area contributed by atoms with Crippen LogP contribution < -0.4 is 0 Å². The molecule has 0 radical (unpaired) electrons. The van der Waals surface area contributed by atoms with Gasteiger partial charge in [0.25, 0.3) is 0 Å². The lowest BCUT2D eigenvalue weighted by atomic mass is 10.0. The molecule has 260 valence electrons. The van der Waals surface area contributed by atoms with E-state index in [4.69, 9.17) is 19.4 Å². The fraction of sp³-hybridized carbons (Fsp3) is 0. The van der Waals surface area contributed by atoms with Gasteiger partial charge >= 0.3 is 0 Å². The van der Waals surface area contributed by atoms with Crippen molar-refractivity contribution in [2.75, 3.05) is 0 Å². The largest absolute Gasteiger partial charge is 0.437 e. The Hall–Kier alpha value is -7.70. The van der Waals surface area contributed by atoms with Gasteiger partial charge in [-0.2, -0.15) is 0 Å². The average Bonchev–Trinajstić information content (AvgIpc) is 3.82. The van der Waals surface area contributed by atoms with Crippen LogP contribution in [0.5, 0.6) is 0 Å². The van der Waals surface area contributed by atoms with E-state index in [1.54, 1.807) is 6.20 Å². The molecule has 0 N–H and O–H groups in total. The number of pyridine rings is 1. The lowest BCUT2D eigenvalue weighted by Crippen LogP contribution is -2.01. The van der Waals surface area contributed by atoms with E-state index in [0.29, 0.717) is 28.8 Å². The van der Waals surface area contributed by atoms with Crippen LogP contribution in [-0.4, -0.2) is 24.5 Å². The molecule has 0 aliphatic heterocycles. The number of nitrogens with zero attached hydrogens (tertiary/aromatic N) is 5. The maximum absolute atomic E-state index is 6.36. The number of benzene rings is 8. The summed E-state index contributed by atoms with van der Waals surface area (Å²) in [7, 11) is 0. The Bertz CT molecular complexity index is 3560. The fourth-order valence-corrected chi connectivity index (χ4v) is 8.49. The zero-order valence-corrected chi connectivity index (χ0v) is 29.9. The minimum absolute atomic E-state index is 0.536. The molecule has 0 aliphatic rings. The van der Waals surface area contributed by atoms with Crippen LogP contribution in [-0.2, 0) is 0 Å². The number of rotatable bonds is 4. The Kier molecular flexibility index (Phi) is 6.53. The maximum atomic E-state index is 6.36. The minimum Gasteiger partial charge on any atom is -0.437 e. The molecular formula is C50H29N5O. The first-order chi connectivity index (χ1) is 27.7. The minimum atomic E-state index is 0.536. The summed E-state index contributed by atoms with van der Waals surface area (Å²) in [5.74, 6) is 1.71. The second kappa shape index (κ2) is 11.9. The average molecular weight is 716 g/mol. The van der Waals surface area contributed by atoms with Crippen molar-refractivity contribution in [3.63, 3.8) is 0 Å². The van der Waals surface area contributed by atoms with Crippen molar-refractivity contribution in [1.29, 1.82) is 0 Å². The molecule has 8 aromatic carbocycles. The standard InChI is InChI=1S/C50H29N5O/c1-2-12-32-28-34(22-21-30(32)10-1)47-52-48(54-49(53-47)41-17-8-16-38-39-18-9-27-51-50(39)56-46(38)41)35-23-25-36-33(29-35)13-7-20-42(36)55-43-19-6-5-15-40(43)45-37-14-4-3-11-31(37)24-26-44(45)55/h1-29H.